The smallest absolute Gasteiger partial charge is 0.256 e. The van der Waals surface area contributed by atoms with Crippen LogP contribution in [0.3, 0.4) is 0 Å². The highest BCUT2D eigenvalue weighted by atomic mass is 32.2. The van der Waals surface area contributed by atoms with Crippen LogP contribution < -0.4 is 5.32 Å². The number of hydrogen-bond donors (Lipinski definition) is 1. The predicted octanol–water partition coefficient (Wildman–Crippen LogP) is 4.59. The van der Waals surface area contributed by atoms with Gasteiger partial charge in [-0.1, -0.05) is 48.2 Å². The molecule has 0 bridgehead atoms. The lowest BCUT2D eigenvalue weighted by Crippen LogP contribution is -2.23. The monoisotopic (exact) mass is 415 g/mol. The lowest BCUT2D eigenvalue weighted by atomic mass is 10.1. The number of nitrogens with zero attached hydrogens (tertiary/aromatic N) is 2. The van der Waals surface area contributed by atoms with Gasteiger partial charge < -0.3 is 10.2 Å². The summed E-state index contributed by atoms with van der Waals surface area (Å²) in [6.45, 7) is 0. The van der Waals surface area contributed by atoms with E-state index in [1.165, 1.54) is 11.8 Å². The number of nitrogens with one attached hydrogen (secondary N) is 1. The Hall–Kier alpha value is -3.56. The Morgan fingerprint density at radius 2 is 1.57 bits per heavy atom. The second-order valence-electron chi connectivity index (χ2n) is 6.82. The van der Waals surface area contributed by atoms with Crippen molar-refractivity contribution in [3.05, 3.63) is 89.5 Å². The number of nitriles is 1. The predicted molar refractivity (Wildman–Crippen MR) is 119 cm³/mol. The molecule has 3 aromatic carbocycles. The summed E-state index contributed by atoms with van der Waals surface area (Å²) in [5.74, 6) is -0.208. The molecule has 0 heterocycles. The van der Waals surface area contributed by atoms with E-state index in [0.717, 1.165) is 15.4 Å². The minimum absolute atomic E-state index is 0.0235. The summed E-state index contributed by atoms with van der Waals surface area (Å²) in [5, 5.41) is 12.2. The van der Waals surface area contributed by atoms with Gasteiger partial charge in [-0.3, -0.25) is 9.59 Å². The molecule has 0 aliphatic rings. The molecular formula is C24H21N3O2S. The van der Waals surface area contributed by atoms with E-state index >= 15 is 0 Å². The van der Waals surface area contributed by atoms with Crippen molar-refractivity contribution in [3.8, 4) is 6.07 Å². The summed E-state index contributed by atoms with van der Waals surface area (Å²) in [6.07, 6.45) is 0.318. The van der Waals surface area contributed by atoms with Gasteiger partial charge in [-0.15, -0.1) is 0 Å². The molecular weight excluding hydrogens is 394 g/mol. The molecule has 5 nitrogen and oxygen atoms in total. The number of hydrogen-bond acceptors (Lipinski definition) is 4. The lowest BCUT2D eigenvalue weighted by molar-refractivity contribution is -0.127. The molecule has 0 aromatic heterocycles. The SMILES string of the molecule is CN(C)C(=O)Cc1ccc(NC(=O)c2ccccc2Sc2ccccc2C#N)cc1. The summed E-state index contributed by atoms with van der Waals surface area (Å²) in [4.78, 5) is 27.8. The maximum atomic E-state index is 12.9. The number of benzene rings is 3. The second-order valence-corrected chi connectivity index (χ2v) is 7.91. The van der Waals surface area contributed by atoms with Crippen LogP contribution in [0.4, 0.5) is 5.69 Å². The molecule has 0 saturated heterocycles. The molecule has 0 saturated carbocycles. The zero-order valence-corrected chi connectivity index (χ0v) is 17.6. The van der Waals surface area contributed by atoms with Gasteiger partial charge >= 0.3 is 0 Å². The van der Waals surface area contributed by atoms with Gasteiger partial charge in [0, 0.05) is 29.6 Å². The van der Waals surface area contributed by atoms with E-state index < -0.39 is 0 Å². The molecule has 0 radical (unpaired) electrons. The van der Waals surface area contributed by atoms with E-state index in [-0.39, 0.29) is 11.8 Å². The van der Waals surface area contributed by atoms with Crippen molar-refractivity contribution in [2.75, 3.05) is 19.4 Å². The fraction of sp³-hybridized carbons (Fsp3) is 0.125. The van der Waals surface area contributed by atoms with Crippen molar-refractivity contribution >= 4 is 29.3 Å². The summed E-state index contributed by atoms with van der Waals surface area (Å²) >= 11 is 1.39. The van der Waals surface area contributed by atoms with E-state index in [9.17, 15) is 14.9 Å². The third-order valence-corrected chi connectivity index (χ3v) is 5.58. The summed E-state index contributed by atoms with van der Waals surface area (Å²) in [6, 6.07) is 24.0. The van der Waals surface area contributed by atoms with Crippen LogP contribution in [0.2, 0.25) is 0 Å². The maximum Gasteiger partial charge on any atom is 0.256 e. The van der Waals surface area contributed by atoms with Gasteiger partial charge in [0.2, 0.25) is 5.91 Å². The standard InChI is InChI=1S/C24H21N3O2S/c1-27(2)23(28)15-17-11-13-19(14-12-17)26-24(29)20-8-4-6-10-22(20)30-21-9-5-3-7-18(21)16-25/h3-14H,15H2,1-2H3,(H,26,29). The van der Waals surface area contributed by atoms with Crippen molar-refractivity contribution < 1.29 is 9.59 Å². The molecule has 1 N–H and O–H groups in total. The number of carbonyl (C=O) groups excluding carboxylic acids is 2. The Morgan fingerprint density at radius 3 is 2.23 bits per heavy atom. The first kappa shape index (κ1) is 21.2. The van der Waals surface area contributed by atoms with Crippen LogP contribution in [-0.2, 0) is 11.2 Å². The third-order valence-electron chi connectivity index (χ3n) is 4.43. The molecule has 2 amide bonds. The van der Waals surface area contributed by atoms with Gasteiger partial charge in [-0.2, -0.15) is 5.26 Å². The Bertz CT molecular complexity index is 1100. The topological polar surface area (TPSA) is 73.2 Å². The number of likely N-dealkylation sites (N-methyl/N-ethyl adjacent to an activating group) is 1. The van der Waals surface area contributed by atoms with E-state index in [1.54, 1.807) is 43.3 Å². The van der Waals surface area contributed by atoms with Gasteiger partial charge in [0.25, 0.3) is 5.91 Å². The molecule has 30 heavy (non-hydrogen) atoms. The maximum absolute atomic E-state index is 12.9. The first-order chi connectivity index (χ1) is 14.5. The summed E-state index contributed by atoms with van der Waals surface area (Å²) < 4.78 is 0. The number of amides is 2. The molecule has 3 aromatic rings. The number of carbonyl (C=O) groups is 2. The molecule has 0 aliphatic carbocycles. The van der Waals surface area contributed by atoms with Gasteiger partial charge in [0.05, 0.1) is 17.5 Å². The van der Waals surface area contributed by atoms with Gasteiger partial charge in [-0.25, -0.2) is 0 Å². The van der Waals surface area contributed by atoms with Gasteiger partial charge in [0.1, 0.15) is 6.07 Å². The molecule has 150 valence electrons. The molecule has 6 heteroatoms. The highest BCUT2D eigenvalue weighted by Crippen LogP contribution is 2.32. The van der Waals surface area contributed by atoms with E-state index in [0.29, 0.717) is 23.2 Å². The Balaban J connectivity index is 1.75. The first-order valence-electron chi connectivity index (χ1n) is 9.34. The Morgan fingerprint density at radius 1 is 0.933 bits per heavy atom. The van der Waals surface area contributed by atoms with Crippen molar-refractivity contribution in [2.45, 2.75) is 16.2 Å². The van der Waals surface area contributed by atoms with E-state index in [2.05, 4.69) is 11.4 Å². The molecule has 3 rings (SSSR count). The van der Waals surface area contributed by atoms with Crippen molar-refractivity contribution in [1.82, 2.24) is 4.90 Å². The van der Waals surface area contributed by atoms with Gasteiger partial charge in [0.15, 0.2) is 0 Å². The number of rotatable bonds is 6. The molecule has 0 atom stereocenters. The minimum atomic E-state index is -0.232. The van der Waals surface area contributed by atoms with Crippen LogP contribution in [0.15, 0.2) is 82.6 Å². The van der Waals surface area contributed by atoms with Gasteiger partial charge in [-0.05, 0) is 42.0 Å². The third kappa shape index (κ3) is 5.28. The number of anilines is 1. The zero-order chi connectivity index (χ0) is 21.5. The zero-order valence-electron chi connectivity index (χ0n) is 16.8. The van der Waals surface area contributed by atoms with Crippen LogP contribution in [0.25, 0.3) is 0 Å². The molecule has 0 spiro atoms. The fourth-order valence-electron chi connectivity index (χ4n) is 2.75. The summed E-state index contributed by atoms with van der Waals surface area (Å²) in [5.41, 5.74) is 2.64. The van der Waals surface area contributed by atoms with Crippen LogP contribution >= 0.6 is 11.8 Å². The fourth-order valence-corrected chi connectivity index (χ4v) is 3.77. The quantitative estimate of drug-likeness (QED) is 0.639. The van der Waals surface area contributed by atoms with E-state index in [4.69, 9.17) is 0 Å². The van der Waals surface area contributed by atoms with Crippen molar-refractivity contribution in [3.63, 3.8) is 0 Å². The molecule has 0 unspecified atom stereocenters. The van der Waals surface area contributed by atoms with Crippen molar-refractivity contribution in [2.24, 2.45) is 0 Å². The average Bonchev–Trinajstić information content (AvgIpc) is 2.75. The normalized spacial score (nSPS) is 10.2. The van der Waals surface area contributed by atoms with Crippen LogP contribution in [0, 0.1) is 11.3 Å². The minimum Gasteiger partial charge on any atom is -0.349 e. The molecule has 0 fully saturated rings. The Kier molecular flexibility index (Phi) is 6.89. The van der Waals surface area contributed by atoms with Crippen LogP contribution in [-0.4, -0.2) is 30.8 Å². The van der Waals surface area contributed by atoms with E-state index in [1.807, 2.05) is 48.5 Å². The Labute approximate surface area is 180 Å². The molecule has 0 aliphatic heterocycles. The average molecular weight is 416 g/mol. The first-order valence-corrected chi connectivity index (χ1v) is 10.2. The summed E-state index contributed by atoms with van der Waals surface area (Å²) in [7, 11) is 3.45. The van der Waals surface area contributed by atoms with Crippen LogP contribution in [0.1, 0.15) is 21.5 Å². The van der Waals surface area contributed by atoms with Crippen LogP contribution in [0.5, 0.6) is 0 Å². The van der Waals surface area contributed by atoms with Crippen molar-refractivity contribution in [1.29, 1.82) is 5.26 Å². The highest BCUT2D eigenvalue weighted by molar-refractivity contribution is 7.99. The highest BCUT2D eigenvalue weighted by Gasteiger charge is 2.14. The largest absolute Gasteiger partial charge is 0.349 e. The second kappa shape index (κ2) is 9.77. The lowest BCUT2D eigenvalue weighted by Gasteiger charge is -2.12.